The van der Waals surface area contributed by atoms with E-state index < -0.39 is 0 Å². The predicted molar refractivity (Wildman–Crippen MR) is 62.1 cm³/mol. The fraction of sp³-hybridized carbons (Fsp3) is 0.917. The molecule has 0 aromatic heterocycles. The van der Waals surface area contributed by atoms with Gasteiger partial charge in [0, 0.05) is 12.0 Å². The summed E-state index contributed by atoms with van der Waals surface area (Å²) in [6.45, 7) is 11.8. The molecule has 2 heteroatoms. The van der Waals surface area contributed by atoms with E-state index in [0.717, 1.165) is 19.3 Å². The van der Waals surface area contributed by atoms with Crippen LogP contribution in [0.3, 0.4) is 0 Å². The van der Waals surface area contributed by atoms with Gasteiger partial charge >= 0.3 is 0 Å². The van der Waals surface area contributed by atoms with Gasteiger partial charge < -0.3 is 10.6 Å². The van der Waals surface area contributed by atoms with Crippen LogP contribution >= 0.6 is 0 Å². The zero-order valence-corrected chi connectivity index (χ0v) is 9.68. The third kappa shape index (κ3) is 5.99. The van der Waals surface area contributed by atoms with Crippen LogP contribution in [0.15, 0.2) is 0 Å². The Bertz CT molecular complexity index is 162. The van der Waals surface area contributed by atoms with E-state index in [0.29, 0.717) is 6.54 Å². The van der Waals surface area contributed by atoms with Crippen LogP contribution in [-0.4, -0.2) is 12.1 Å². The number of rotatable bonds is 8. The average Bonchev–Trinajstić information content (AvgIpc) is 2.21. The Morgan fingerprint density at radius 1 is 1.07 bits per heavy atom. The maximum atomic E-state index is 6.81. The van der Waals surface area contributed by atoms with Gasteiger partial charge in [-0.2, -0.15) is 0 Å². The molecule has 82 valence electrons. The third-order valence-electron chi connectivity index (χ3n) is 2.78. The largest absolute Gasteiger partial charge is 0.325 e. The van der Waals surface area contributed by atoms with Gasteiger partial charge in [-0.1, -0.05) is 39.5 Å². The first-order valence-corrected chi connectivity index (χ1v) is 5.80. The van der Waals surface area contributed by atoms with Crippen molar-refractivity contribution < 1.29 is 0 Å². The van der Waals surface area contributed by atoms with Crippen LogP contribution in [0.25, 0.3) is 4.85 Å². The fourth-order valence-electron chi connectivity index (χ4n) is 1.71. The van der Waals surface area contributed by atoms with E-state index in [4.69, 9.17) is 12.3 Å². The van der Waals surface area contributed by atoms with Crippen LogP contribution in [0.5, 0.6) is 0 Å². The fourth-order valence-corrected chi connectivity index (χ4v) is 1.71. The lowest BCUT2D eigenvalue weighted by atomic mass is 9.85. The van der Waals surface area contributed by atoms with Crippen LogP contribution in [0.4, 0.5) is 0 Å². The van der Waals surface area contributed by atoms with E-state index in [9.17, 15) is 0 Å². The Morgan fingerprint density at radius 2 is 1.57 bits per heavy atom. The van der Waals surface area contributed by atoms with Crippen LogP contribution in [0.2, 0.25) is 0 Å². The monoisotopic (exact) mass is 196 g/mol. The predicted octanol–water partition coefficient (Wildman–Crippen LogP) is 3.37. The summed E-state index contributed by atoms with van der Waals surface area (Å²) < 4.78 is 0. The van der Waals surface area contributed by atoms with Crippen molar-refractivity contribution in [2.24, 2.45) is 5.73 Å². The van der Waals surface area contributed by atoms with Gasteiger partial charge in [0.05, 0.1) is 0 Å². The summed E-state index contributed by atoms with van der Waals surface area (Å²) in [7, 11) is 0. The quantitative estimate of drug-likeness (QED) is 0.593. The van der Waals surface area contributed by atoms with Crippen LogP contribution in [0, 0.1) is 6.57 Å². The normalized spacial score (nSPS) is 11.3. The van der Waals surface area contributed by atoms with E-state index in [1.165, 1.54) is 25.7 Å². The molecule has 0 atom stereocenters. The van der Waals surface area contributed by atoms with Crippen molar-refractivity contribution in [1.29, 1.82) is 0 Å². The van der Waals surface area contributed by atoms with E-state index in [1.807, 2.05) is 0 Å². The maximum Gasteiger partial charge on any atom is 0.216 e. The second-order valence-electron chi connectivity index (χ2n) is 4.20. The molecular weight excluding hydrogens is 172 g/mol. The number of hydrogen-bond donors (Lipinski definition) is 1. The molecule has 0 spiro atoms. The van der Waals surface area contributed by atoms with Crippen molar-refractivity contribution in [2.45, 2.75) is 64.3 Å². The molecule has 0 saturated heterocycles. The van der Waals surface area contributed by atoms with Crippen molar-refractivity contribution in [3.8, 4) is 0 Å². The zero-order valence-electron chi connectivity index (χ0n) is 9.68. The minimum absolute atomic E-state index is 0.0590. The van der Waals surface area contributed by atoms with E-state index in [1.54, 1.807) is 0 Å². The number of nitrogens with two attached hydrogens (primary N) is 1. The lowest BCUT2D eigenvalue weighted by Gasteiger charge is -2.27. The zero-order chi connectivity index (χ0) is 10.9. The lowest BCUT2D eigenvalue weighted by molar-refractivity contribution is 0.330. The van der Waals surface area contributed by atoms with E-state index in [2.05, 4.69) is 18.7 Å². The molecule has 0 aromatic carbocycles. The van der Waals surface area contributed by atoms with Crippen molar-refractivity contribution in [3.63, 3.8) is 0 Å². The van der Waals surface area contributed by atoms with Crippen molar-refractivity contribution in [1.82, 2.24) is 0 Å². The van der Waals surface area contributed by atoms with E-state index >= 15 is 0 Å². The molecule has 0 saturated carbocycles. The maximum absolute atomic E-state index is 6.81. The Kier molecular flexibility index (Phi) is 7.51. The van der Waals surface area contributed by atoms with Gasteiger partial charge in [-0.3, -0.25) is 0 Å². The number of hydrogen-bond acceptors (Lipinski definition) is 1. The minimum Gasteiger partial charge on any atom is -0.325 e. The summed E-state index contributed by atoms with van der Waals surface area (Å²) in [5, 5.41) is 0. The van der Waals surface area contributed by atoms with Crippen molar-refractivity contribution in [2.75, 3.05) is 6.54 Å². The standard InChI is InChI=1S/C12H24N2/c1-4-6-8-12(13,9-7-5-2)10-11-14-3/h4-11,13H2,1-2H3. The molecule has 0 aliphatic heterocycles. The van der Waals surface area contributed by atoms with Crippen molar-refractivity contribution in [3.05, 3.63) is 11.4 Å². The first-order chi connectivity index (χ1) is 6.68. The van der Waals surface area contributed by atoms with Gasteiger partial charge in [-0.25, -0.2) is 6.57 Å². The smallest absolute Gasteiger partial charge is 0.216 e. The lowest BCUT2D eigenvalue weighted by Crippen LogP contribution is -2.40. The van der Waals surface area contributed by atoms with Gasteiger partial charge in [0.15, 0.2) is 0 Å². The summed E-state index contributed by atoms with van der Waals surface area (Å²) >= 11 is 0. The molecule has 0 aliphatic rings. The highest BCUT2D eigenvalue weighted by atomic mass is 14.8. The van der Waals surface area contributed by atoms with Gasteiger partial charge in [0.2, 0.25) is 6.54 Å². The second kappa shape index (κ2) is 7.82. The molecule has 0 rings (SSSR count). The molecule has 0 unspecified atom stereocenters. The molecule has 0 radical (unpaired) electrons. The van der Waals surface area contributed by atoms with Gasteiger partial charge in [0.25, 0.3) is 0 Å². The molecule has 0 amide bonds. The van der Waals surface area contributed by atoms with Gasteiger partial charge in [0.1, 0.15) is 0 Å². The number of unbranched alkanes of at least 4 members (excludes halogenated alkanes) is 2. The minimum atomic E-state index is -0.0590. The summed E-state index contributed by atoms with van der Waals surface area (Å²) in [6.07, 6.45) is 7.82. The van der Waals surface area contributed by atoms with Crippen molar-refractivity contribution >= 4 is 0 Å². The first kappa shape index (κ1) is 13.4. The summed E-state index contributed by atoms with van der Waals surface area (Å²) in [6, 6.07) is 0. The highest BCUT2D eigenvalue weighted by Gasteiger charge is 2.24. The molecule has 0 aromatic rings. The van der Waals surface area contributed by atoms with Crippen LogP contribution in [-0.2, 0) is 0 Å². The van der Waals surface area contributed by atoms with Gasteiger partial charge in [-0.05, 0) is 12.8 Å². The highest BCUT2D eigenvalue weighted by molar-refractivity contribution is 4.86. The molecule has 2 nitrogen and oxygen atoms in total. The second-order valence-corrected chi connectivity index (χ2v) is 4.20. The molecule has 0 heterocycles. The van der Waals surface area contributed by atoms with Gasteiger partial charge in [-0.15, -0.1) is 0 Å². The average molecular weight is 196 g/mol. The molecule has 0 bridgehead atoms. The summed E-state index contributed by atoms with van der Waals surface area (Å²) in [5.74, 6) is 0. The SMILES string of the molecule is [C-]#[N+]CCC(N)(CCCC)CCCC. The molecule has 14 heavy (non-hydrogen) atoms. The molecule has 2 N–H and O–H groups in total. The van der Waals surface area contributed by atoms with Crippen LogP contribution in [0.1, 0.15) is 58.8 Å². The number of nitrogens with zero attached hydrogens (tertiary/aromatic N) is 1. The highest BCUT2D eigenvalue weighted by Crippen LogP contribution is 2.22. The molecule has 0 aliphatic carbocycles. The Morgan fingerprint density at radius 3 is 1.93 bits per heavy atom. The van der Waals surface area contributed by atoms with Crippen LogP contribution < -0.4 is 5.73 Å². The molecular formula is C12H24N2. The summed E-state index contributed by atoms with van der Waals surface area (Å²) in [5.41, 5.74) is 6.25. The van der Waals surface area contributed by atoms with E-state index in [-0.39, 0.29) is 5.54 Å². The topological polar surface area (TPSA) is 30.4 Å². The summed E-state index contributed by atoms with van der Waals surface area (Å²) in [4.78, 5) is 3.41. The Labute approximate surface area is 88.7 Å². The third-order valence-corrected chi connectivity index (χ3v) is 2.78. The first-order valence-electron chi connectivity index (χ1n) is 5.80. The molecule has 0 fully saturated rings. The Hall–Kier alpha value is -0.550. The Balaban J connectivity index is 3.97.